The lowest BCUT2D eigenvalue weighted by atomic mass is 9.50. The van der Waals surface area contributed by atoms with E-state index in [0.717, 1.165) is 25.7 Å². The number of ether oxygens (including phenoxy) is 1. The maximum absolute atomic E-state index is 12.2. The van der Waals surface area contributed by atoms with E-state index in [2.05, 4.69) is 26.0 Å². The molecule has 0 heterocycles. The Balaban J connectivity index is 1.64. The van der Waals surface area contributed by atoms with E-state index in [0.29, 0.717) is 17.6 Å². The first-order valence-electron chi connectivity index (χ1n) is 10.3. The van der Waals surface area contributed by atoms with Crippen LogP contribution in [0.3, 0.4) is 0 Å². The molecule has 0 aromatic carbocycles. The zero-order valence-corrected chi connectivity index (χ0v) is 16.6. The van der Waals surface area contributed by atoms with Gasteiger partial charge in [-0.05, 0) is 68.1 Å². The van der Waals surface area contributed by atoms with Crippen LogP contribution >= 0.6 is 0 Å². The molecule has 0 aromatic heterocycles. The molecule has 3 fully saturated rings. The Kier molecular flexibility index (Phi) is 4.20. The lowest BCUT2D eigenvalue weighted by Crippen LogP contribution is -2.46. The molecule has 1 unspecified atom stereocenters. The van der Waals surface area contributed by atoms with E-state index in [4.69, 9.17) is 4.74 Å². The van der Waals surface area contributed by atoms with Gasteiger partial charge in [-0.15, -0.1) is 0 Å². The van der Waals surface area contributed by atoms with Gasteiger partial charge in [0, 0.05) is 19.3 Å². The highest BCUT2D eigenvalue weighted by Gasteiger charge is 2.57. The molecule has 4 rings (SSSR count). The molecule has 0 bridgehead atoms. The second kappa shape index (κ2) is 6.07. The molecule has 6 atom stereocenters. The van der Waals surface area contributed by atoms with Crippen LogP contribution in [-0.4, -0.2) is 17.9 Å². The van der Waals surface area contributed by atoms with Crippen molar-refractivity contribution in [3.63, 3.8) is 0 Å². The minimum Gasteiger partial charge on any atom is -0.462 e. The van der Waals surface area contributed by atoms with Gasteiger partial charge in [0.15, 0.2) is 0 Å². The number of hydrogen-bond acceptors (Lipinski definition) is 3. The Labute approximate surface area is 157 Å². The van der Waals surface area contributed by atoms with E-state index in [1.807, 2.05) is 0 Å². The summed E-state index contributed by atoms with van der Waals surface area (Å²) in [6.45, 7) is 8.09. The summed E-state index contributed by atoms with van der Waals surface area (Å²) in [5.41, 5.74) is 3.44. The van der Waals surface area contributed by atoms with Gasteiger partial charge in [-0.2, -0.15) is 0 Å². The summed E-state index contributed by atoms with van der Waals surface area (Å²) in [4.78, 5) is 23.6. The van der Waals surface area contributed by atoms with Crippen LogP contribution in [0.2, 0.25) is 0 Å². The highest BCUT2D eigenvalue weighted by molar-refractivity contribution is 5.79. The number of allylic oxidation sites excluding steroid dienone is 3. The molecule has 0 amide bonds. The molecule has 4 aliphatic carbocycles. The Morgan fingerprint density at radius 3 is 2.46 bits per heavy atom. The molecule has 0 radical (unpaired) electrons. The van der Waals surface area contributed by atoms with Crippen molar-refractivity contribution < 1.29 is 14.3 Å². The fraction of sp³-hybridized carbons (Fsp3) is 0.739. The number of esters is 1. The van der Waals surface area contributed by atoms with Crippen LogP contribution in [0.15, 0.2) is 23.3 Å². The molecular weight excluding hydrogens is 324 g/mol. The van der Waals surface area contributed by atoms with Crippen molar-refractivity contribution in [2.75, 3.05) is 0 Å². The van der Waals surface area contributed by atoms with Gasteiger partial charge in [0.1, 0.15) is 11.9 Å². The molecule has 26 heavy (non-hydrogen) atoms. The number of rotatable bonds is 2. The third-order valence-electron chi connectivity index (χ3n) is 8.35. The smallest absolute Gasteiger partial charge is 0.302 e. The molecular formula is C23H32O3. The van der Waals surface area contributed by atoms with Gasteiger partial charge >= 0.3 is 5.97 Å². The average molecular weight is 357 g/mol. The number of hydrogen-bond donors (Lipinski definition) is 0. The van der Waals surface area contributed by atoms with E-state index in [9.17, 15) is 9.59 Å². The topological polar surface area (TPSA) is 43.4 Å². The molecule has 0 N–H and O–H groups in total. The van der Waals surface area contributed by atoms with Gasteiger partial charge < -0.3 is 4.74 Å². The monoisotopic (exact) mass is 356 g/mol. The number of carbonyl (C=O) groups excluding carboxylic acids is 2. The minimum absolute atomic E-state index is 0.0456. The molecule has 3 nitrogen and oxygen atoms in total. The van der Waals surface area contributed by atoms with Crippen LogP contribution in [0.25, 0.3) is 0 Å². The van der Waals surface area contributed by atoms with Crippen molar-refractivity contribution >= 4 is 11.8 Å². The van der Waals surface area contributed by atoms with Crippen molar-refractivity contribution in [3.05, 3.63) is 23.3 Å². The SMILES string of the molecule is CC(=O)OC1CC[C@@]2(C)C(=CC=C3[C@@H]4CC[C@H](C(C)=O)[C@@]4(C)CC[C@@H]32)C1. The number of ketones is 1. The van der Waals surface area contributed by atoms with Crippen LogP contribution in [0.5, 0.6) is 0 Å². The molecule has 142 valence electrons. The quantitative estimate of drug-likeness (QED) is 0.654. The third kappa shape index (κ3) is 2.53. The summed E-state index contributed by atoms with van der Waals surface area (Å²) < 4.78 is 5.51. The fourth-order valence-corrected chi connectivity index (χ4v) is 6.97. The maximum atomic E-state index is 12.2. The average Bonchev–Trinajstić information content (AvgIpc) is 2.92. The van der Waals surface area contributed by atoms with Crippen LogP contribution in [-0.2, 0) is 14.3 Å². The largest absolute Gasteiger partial charge is 0.462 e. The summed E-state index contributed by atoms with van der Waals surface area (Å²) in [5.74, 6) is 1.63. The van der Waals surface area contributed by atoms with Crippen LogP contribution < -0.4 is 0 Å². The first-order valence-corrected chi connectivity index (χ1v) is 10.3. The molecule has 3 saturated carbocycles. The lowest BCUT2D eigenvalue weighted by Gasteiger charge is -2.54. The Bertz CT molecular complexity index is 702. The zero-order chi connectivity index (χ0) is 18.7. The van der Waals surface area contributed by atoms with Crippen LogP contribution in [0.4, 0.5) is 0 Å². The first kappa shape index (κ1) is 18.0. The van der Waals surface area contributed by atoms with Gasteiger partial charge in [0.25, 0.3) is 0 Å². The zero-order valence-electron chi connectivity index (χ0n) is 16.6. The van der Waals surface area contributed by atoms with Crippen molar-refractivity contribution in [2.24, 2.45) is 28.6 Å². The summed E-state index contributed by atoms with van der Waals surface area (Å²) in [6.07, 6.45) is 12.3. The normalized spacial score (nSPS) is 44.2. The fourth-order valence-electron chi connectivity index (χ4n) is 6.97. The van der Waals surface area contributed by atoms with E-state index in [1.54, 1.807) is 12.5 Å². The molecule has 0 aliphatic heterocycles. The molecule has 0 saturated heterocycles. The number of fused-ring (bicyclic) bond motifs is 5. The number of Topliss-reactive ketones (excluding diaryl/α,β-unsaturated/α-hetero) is 1. The predicted molar refractivity (Wildman–Crippen MR) is 101 cm³/mol. The van der Waals surface area contributed by atoms with Crippen molar-refractivity contribution in [1.29, 1.82) is 0 Å². The molecule has 0 spiro atoms. The van der Waals surface area contributed by atoms with Gasteiger partial charge in [-0.25, -0.2) is 0 Å². The number of carbonyl (C=O) groups is 2. The van der Waals surface area contributed by atoms with Gasteiger partial charge in [0.05, 0.1) is 0 Å². The summed E-state index contributed by atoms with van der Waals surface area (Å²) in [7, 11) is 0. The second-order valence-corrected chi connectivity index (χ2v) is 9.64. The van der Waals surface area contributed by atoms with Crippen molar-refractivity contribution in [3.8, 4) is 0 Å². The highest BCUT2D eigenvalue weighted by atomic mass is 16.5. The summed E-state index contributed by atoms with van der Waals surface area (Å²) in [6, 6.07) is 0. The van der Waals surface area contributed by atoms with Gasteiger partial charge in [-0.1, -0.05) is 37.1 Å². The molecule has 3 heteroatoms. The van der Waals surface area contributed by atoms with Crippen LogP contribution in [0.1, 0.15) is 72.6 Å². The van der Waals surface area contributed by atoms with E-state index in [1.165, 1.54) is 31.8 Å². The van der Waals surface area contributed by atoms with Gasteiger partial charge in [-0.3, -0.25) is 9.59 Å². The van der Waals surface area contributed by atoms with E-state index in [-0.39, 0.29) is 28.8 Å². The summed E-state index contributed by atoms with van der Waals surface area (Å²) in [5, 5.41) is 0. The second-order valence-electron chi connectivity index (χ2n) is 9.64. The first-order chi connectivity index (χ1) is 12.3. The van der Waals surface area contributed by atoms with E-state index < -0.39 is 0 Å². The maximum Gasteiger partial charge on any atom is 0.302 e. The molecule has 0 aromatic rings. The highest BCUT2D eigenvalue weighted by Crippen LogP contribution is 2.65. The summed E-state index contributed by atoms with van der Waals surface area (Å²) >= 11 is 0. The Hall–Kier alpha value is -1.38. The Morgan fingerprint density at radius 2 is 1.77 bits per heavy atom. The van der Waals surface area contributed by atoms with E-state index >= 15 is 0 Å². The minimum atomic E-state index is -0.166. The standard InChI is InChI=1S/C23H32O3/c1-14(24)19-7-8-20-18-6-5-16-13-17(26-15(2)25)9-11-22(16,3)21(18)10-12-23(19,20)4/h5-6,17,19-21H,7-13H2,1-4H3/t17?,19-,20+,21+,22+,23-/m1/s1. The molecule has 4 aliphatic rings. The van der Waals surface area contributed by atoms with Gasteiger partial charge in [0.2, 0.25) is 0 Å². The van der Waals surface area contributed by atoms with Crippen molar-refractivity contribution in [1.82, 2.24) is 0 Å². The Morgan fingerprint density at radius 1 is 1.00 bits per heavy atom. The van der Waals surface area contributed by atoms with Crippen molar-refractivity contribution in [2.45, 2.75) is 78.7 Å². The third-order valence-corrected chi connectivity index (χ3v) is 8.35. The predicted octanol–water partition coefficient (Wildman–Crippen LogP) is 5.01. The lowest BCUT2D eigenvalue weighted by molar-refractivity contribution is -0.148. The van der Waals surface area contributed by atoms with Crippen LogP contribution in [0, 0.1) is 28.6 Å².